The summed E-state index contributed by atoms with van der Waals surface area (Å²) in [5.74, 6) is 0.0765. The smallest absolute Gasteiger partial charge is 0.254 e. The number of likely N-dealkylation sites (tertiary alicyclic amines) is 1. The van der Waals surface area contributed by atoms with Crippen molar-refractivity contribution in [3.8, 4) is 0 Å². The minimum Gasteiger partial charge on any atom is -0.353 e. The molecule has 0 bridgehead atoms. The summed E-state index contributed by atoms with van der Waals surface area (Å²) >= 11 is 0. The predicted octanol–water partition coefficient (Wildman–Crippen LogP) is 2.38. The zero-order chi connectivity index (χ0) is 19.2. The summed E-state index contributed by atoms with van der Waals surface area (Å²) in [5, 5.41) is 3.07. The maximum Gasteiger partial charge on any atom is 0.254 e. The summed E-state index contributed by atoms with van der Waals surface area (Å²) in [4.78, 5) is 35.4. The standard InChI is InChI=1S/C21H26N4O2/c1-15-5-3-4-6-19(15)21(27)25-11-7-17(8-12-25)20(26)24-16(2)13-18-14-22-9-10-23-18/h3-6,9-10,14,16-17H,7-8,11-13H2,1-2H3,(H,24,26)/t16-/m1/s1. The van der Waals surface area contributed by atoms with Gasteiger partial charge in [-0.2, -0.15) is 0 Å². The van der Waals surface area contributed by atoms with Gasteiger partial charge in [-0.1, -0.05) is 18.2 Å². The Morgan fingerprint density at radius 3 is 2.63 bits per heavy atom. The Morgan fingerprint density at radius 2 is 1.96 bits per heavy atom. The molecular formula is C21H26N4O2. The highest BCUT2D eigenvalue weighted by molar-refractivity contribution is 5.95. The van der Waals surface area contributed by atoms with E-state index in [2.05, 4.69) is 15.3 Å². The minimum atomic E-state index is -0.0461. The number of benzene rings is 1. The van der Waals surface area contributed by atoms with Crippen LogP contribution >= 0.6 is 0 Å². The Labute approximate surface area is 160 Å². The van der Waals surface area contributed by atoms with E-state index < -0.39 is 0 Å². The molecule has 2 aromatic rings. The molecule has 27 heavy (non-hydrogen) atoms. The molecule has 2 amide bonds. The topological polar surface area (TPSA) is 75.2 Å². The van der Waals surface area contributed by atoms with E-state index in [9.17, 15) is 9.59 Å². The number of hydrogen-bond acceptors (Lipinski definition) is 4. The van der Waals surface area contributed by atoms with Gasteiger partial charge in [0.05, 0.1) is 5.69 Å². The zero-order valence-corrected chi connectivity index (χ0v) is 15.9. The van der Waals surface area contributed by atoms with Gasteiger partial charge in [-0.3, -0.25) is 19.6 Å². The molecular weight excluding hydrogens is 340 g/mol. The number of amides is 2. The third kappa shape index (κ3) is 4.90. The van der Waals surface area contributed by atoms with Crippen molar-refractivity contribution >= 4 is 11.8 Å². The third-order valence-corrected chi connectivity index (χ3v) is 5.05. The monoisotopic (exact) mass is 366 g/mol. The predicted molar refractivity (Wildman–Crippen MR) is 103 cm³/mol. The van der Waals surface area contributed by atoms with Gasteiger partial charge in [0.15, 0.2) is 0 Å². The van der Waals surface area contributed by atoms with Gasteiger partial charge >= 0.3 is 0 Å². The molecule has 6 heteroatoms. The van der Waals surface area contributed by atoms with Crippen molar-refractivity contribution in [2.75, 3.05) is 13.1 Å². The minimum absolute atomic E-state index is 0.000768. The van der Waals surface area contributed by atoms with Gasteiger partial charge in [0.2, 0.25) is 5.91 Å². The molecule has 142 valence electrons. The second-order valence-electron chi connectivity index (χ2n) is 7.19. The number of carbonyl (C=O) groups is 2. The van der Waals surface area contributed by atoms with Gasteiger partial charge in [0.1, 0.15) is 0 Å². The summed E-state index contributed by atoms with van der Waals surface area (Å²) in [7, 11) is 0. The molecule has 2 heterocycles. The molecule has 1 N–H and O–H groups in total. The number of aryl methyl sites for hydroxylation is 1. The van der Waals surface area contributed by atoms with Crippen molar-refractivity contribution < 1.29 is 9.59 Å². The number of nitrogens with one attached hydrogen (secondary N) is 1. The Kier molecular flexibility index (Phi) is 6.16. The number of piperidine rings is 1. The lowest BCUT2D eigenvalue weighted by Gasteiger charge is -2.32. The SMILES string of the molecule is Cc1ccccc1C(=O)N1CCC(C(=O)N[C@H](C)Cc2cnccn2)CC1. The molecule has 1 aromatic heterocycles. The van der Waals surface area contributed by atoms with Crippen LogP contribution in [0, 0.1) is 12.8 Å². The van der Waals surface area contributed by atoms with Gasteiger partial charge < -0.3 is 10.2 Å². The molecule has 6 nitrogen and oxygen atoms in total. The average molecular weight is 366 g/mol. The van der Waals surface area contributed by atoms with Gasteiger partial charge in [0, 0.05) is 55.6 Å². The molecule has 0 radical (unpaired) electrons. The van der Waals surface area contributed by atoms with Crippen LogP contribution in [0.25, 0.3) is 0 Å². The van der Waals surface area contributed by atoms with Gasteiger partial charge in [0.25, 0.3) is 5.91 Å². The lowest BCUT2D eigenvalue weighted by molar-refractivity contribution is -0.126. The van der Waals surface area contributed by atoms with Crippen molar-refractivity contribution in [2.45, 2.75) is 39.2 Å². The van der Waals surface area contributed by atoms with E-state index in [1.165, 1.54) is 0 Å². The van der Waals surface area contributed by atoms with Crippen molar-refractivity contribution in [2.24, 2.45) is 5.92 Å². The van der Waals surface area contributed by atoms with Crippen LogP contribution < -0.4 is 5.32 Å². The first-order valence-electron chi connectivity index (χ1n) is 9.44. The van der Waals surface area contributed by atoms with Gasteiger partial charge in [-0.25, -0.2) is 0 Å². The van der Waals surface area contributed by atoms with Crippen LogP contribution in [0.15, 0.2) is 42.9 Å². The van der Waals surface area contributed by atoms with Gasteiger partial charge in [-0.05, 0) is 38.3 Å². The van der Waals surface area contributed by atoms with E-state index >= 15 is 0 Å². The summed E-state index contributed by atoms with van der Waals surface area (Å²) in [6.07, 6.45) is 7.06. The molecule has 1 aliphatic heterocycles. The largest absolute Gasteiger partial charge is 0.353 e. The molecule has 1 fully saturated rings. The fraction of sp³-hybridized carbons (Fsp3) is 0.429. The number of rotatable bonds is 5. The fourth-order valence-electron chi connectivity index (χ4n) is 3.49. The summed E-state index contributed by atoms with van der Waals surface area (Å²) in [6.45, 7) is 5.16. The lowest BCUT2D eigenvalue weighted by atomic mass is 9.94. The first-order valence-corrected chi connectivity index (χ1v) is 9.44. The second kappa shape index (κ2) is 8.75. The van der Waals surface area contributed by atoms with E-state index in [0.717, 1.165) is 16.8 Å². The number of nitrogens with zero attached hydrogens (tertiary/aromatic N) is 3. The lowest BCUT2D eigenvalue weighted by Crippen LogP contribution is -2.45. The third-order valence-electron chi connectivity index (χ3n) is 5.05. The maximum atomic E-state index is 12.7. The summed E-state index contributed by atoms with van der Waals surface area (Å²) < 4.78 is 0. The number of aromatic nitrogens is 2. The molecule has 3 rings (SSSR count). The van der Waals surface area contributed by atoms with E-state index in [1.807, 2.05) is 43.0 Å². The first-order chi connectivity index (χ1) is 13.0. The Bertz CT molecular complexity index is 786. The molecule has 0 saturated carbocycles. The fourth-order valence-corrected chi connectivity index (χ4v) is 3.49. The Hall–Kier alpha value is -2.76. The number of hydrogen-bond donors (Lipinski definition) is 1. The van der Waals surface area contributed by atoms with E-state index in [4.69, 9.17) is 0 Å². The van der Waals surface area contributed by atoms with Crippen LogP contribution in [-0.2, 0) is 11.2 Å². The summed E-state index contributed by atoms with van der Waals surface area (Å²) in [6, 6.07) is 7.64. The zero-order valence-electron chi connectivity index (χ0n) is 15.9. The quantitative estimate of drug-likeness (QED) is 0.882. The van der Waals surface area contributed by atoms with E-state index in [0.29, 0.717) is 32.4 Å². The molecule has 0 spiro atoms. The van der Waals surface area contributed by atoms with Crippen molar-refractivity contribution in [3.05, 3.63) is 59.7 Å². The van der Waals surface area contributed by atoms with Crippen LogP contribution in [0.3, 0.4) is 0 Å². The molecule has 1 aliphatic rings. The van der Waals surface area contributed by atoms with Crippen LogP contribution in [0.2, 0.25) is 0 Å². The summed E-state index contributed by atoms with van der Waals surface area (Å²) in [5.41, 5.74) is 2.60. The highest BCUT2D eigenvalue weighted by Crippen LogP contribution is 2.20. The first kappa shape index (κ1) is 19.0. The van der Waals surface area contributed by atoms with Crippen molar-refractivity contribution in [1.82, 2.24) is 20.2 Å². The highest BCUT2D eigenvalue weighted by atomic mass is 16.2. The highest BCUT2D eigenvalue weighted by Gasteiger charge is 2.28. The van der Waals surface area contributed by atoms with Crippen molar-refractivity contribution in [1.29, 1.82) is 0 Å². The molecule has 0 unspecified atom stereocenters. The van der Waals surface area contributed by atoms with Crippen LogP contribution in [0.4, 0.5) is 0 Å². The second-order valence-corrected chi connectivity index (χ2v) is 7.19. The molecule has 1 saturated heterocycles. The Balaban J connectivity index is 1.49. The van der Waals surface area contributed by atoms with E-state index in [-0.39, 0.29) is 23.8 Å². The van der Waals surface area contributed by atoms with Crippen LogP contribution in [0.5, 0.6) is 0 Å². The normalized spacial score (nSPS) is 16.0. The maximum absolute atomic E-state index is 12.7. The number of carbonyl (C=O) groups excluding carboxylic acids is 2. The molecule has 1 atom stereocenters. The van der Waals surface area contributed by atoms with Crippen LogP contribution in [-0.4, -0.2) is 45.8 Å². The van der Waals surface area contributed by atoms with Gasteiger partial charge in [-0.15, -0.1) is 0 Å². The van der Waals surface area contributed by atoms with Crippen LogP contribution in [0.1, 0.15) is 41.4 Å². The average Bonchev–Trinajstić information content (AvgIpc) is 2.68. The Morgan fingerprint density at radius 1 is 1.22 bits per heavy atom. The molecule has 0 aliphatic carbocycles. The van der Waals surface area contributed by atoms with E-state index in [1.54, 1.807) is 18.6 Å². The molecule has 1 aromatic carbocycles. The van der Waals surface area contributed by atoms with Crippen molar-refractivity contribution in [3.63, 3.8) is 0 Å².